The normalized spacial score (nSPS) is 18.1. The Morgan fingerprint density at radius 3 is 2.63 bits per heavy atom. The lowest BCUT2D eigenvalue weighted by Crippen LogP contribution is -2.23. The van der Waals surface area contributed by atoms with E-state index >= 15 is 0 Å². The number of carbonyl (C=O) groups is 1. The van der Waals surface area contributed by atoms with Crippen LogP contribution in [0.4, 0.5) is 0 Å². The molecule has 4 heteroatoms. The van der Waals surface area contributed by atoms with Gasteiger partial charge < -0.3 is 5.32 Å². The number of carbonyl (C=O) groups excluding carboxylic acids is 1. The highest BCUT2D eigenvalue weighted by atomic mass is 32.2. The zero-order valence-electron chi connectivity index (χ0n) is 17.9. The average Bonchev–Trinajstić information content (AvgIpc) is 2.66. The minimum absolute atomic E-state index is 0.00734. The van der Waals surface area contributed by atoms with E-state index in [-0.39, 0.29) is 5.91 Å². The highest BCUT2D eigenvalue weighted by Gasteiger charge is 2.15. The number of thioether (sulfide) groups is 1. The van der Waals surface area contributed by atoms with Crippen LogP contribution >= 0.6 is 11.8 Å². The second-order valence-electron chi connectivity index (χ2n) is 7.64. The monoisotopic (exact) mass is 392 g/mol. The maximum Gasteiger partial charge on any atom is 0.245 e. The van der Waals surface area contributed by atoms with E-state index in [1.165, 1.54) is 50.5 Å². The number of hydrogen-bond acceptors (Lipinski definition) is 3. The third-order valence-corrected chi connectivity index (χ3v) is 6.38. The van der Waals surface area contributed by atoms with Crippen molar-refractivity contribution in [2.45, 2.75) is 90.7 Å². The molecule has 1 N–H and O–H groups in total. The lowest BCUT2D eigenvalue weighted by molar-refractivity contribution is -0.116. The molecule has 1 atom stereocenters. The smallest absolute Gasteiger partial charge is 0.245 e. The van der Waals surface area contributed by atoms with Crippen molar-refractivity contribution >= 4 is 23.9 Å². The fourth-order valence-corrected chi connectivity index (χ4v) is 4.86. The zero-order valence-corrected chi connectivity index (χ0v) is 18.7. The van der Waals surface area contributed by atoms with Crippen LogP contribution < -0.4 is 5.32 Å². The maximum absolute atomic E-state index is 12.4. The van der Waals surface area contributed by atoms with Crippen molar-refractivity contribution in [2.75, 3.05) is 13.1 Å². The molecule has 0 aromatic rings. The summed E-state index contributed by atoms with van der Waals surface area (Å²) in [6, 6.07) is 0. The number of nitrogens with zero attached hydrogens (tertiary/aromatic N) is 1. The first-order valence-corrected chi connectivity index (χ1v) is 11.8. The van der Waals surface area contributed by atoms with Gasteiger partial charge in [-0.3, -0.25) is 9.79 Å². The van der Waals surface area contributed by atoms with E-state index in [4.69, 9.17) is 0 Å². The minimum atomic E-state index is 0.00734. The topological polar surface area (TPSA) is 41.5 Å². The van der Waals surface area contributed by atoms with Crippen LogP contribution in [0.25, 0.3) is 0 Å². The number of aliphatic imine (C=N–C) groups is 1. The molecule has 1 rings (SSSR count). The van der Waals surface area contributed by atoms with Crippen molar-refractivity contribution in [3.8, 4) is 0 Å². The maximum atomic E-state index is 12.4. The van der Waals surface area contributed by atoms with Crippen molar-refractivity contribution < 1.29 is 4.79 Å². The highest BCUT2D eigenvalue weighted by molar-refractivity contribution is 8.04. The summed E-state index contributed by atoms with van der Waals surface area (Å²) in [5.74, 6) is 0.730. The lowest BCUT2D eigenvalue weighted by atomic mass is 9.95. The fraction of sp³-hybridized carbons (Fsp3) is 0.739. The quantitative estimate of drug-likeness (QED) is 0.240. The van der Waals surface area contributed by atoms with Crippen LogP contribution in [-0.4, -0.2) is 30.5 Å². The number of allylic oxidation sites excluding steroid dienone is 2. The Kier molecular flexibility index (Phi) is 13.3. The number of hydrogen-bond donors (Lipinski definition) is 1. The molecule has 0 aliphatic heterocycles. The van der Waals surface area contributed by atoms with Crippen LogP contribution in [0.5, 0.6) is 0 Å². The van der Waals surface area contributed by atoms with E-state index in [0.29, 0.717) is 11.8 Å². The first-order valence-electron chi connectivity index (χ1n) is 10.9. The molecular weight excluding hydrogens is 352 g/mol. The summed E-state index contributed by atoms with van der Waals surface area (Å²) < 4.78 is 0. The Hall–Kier alpha value is -1.03. The van der Waals surface area contributed by atoms with E-state index in [1.807, 2.05) is 24.9 Å². The Bertz CT molecular complexity index is 505. The first-order chi connectivity index (χ1) is 13.1. The van der Waals surface area contributed by atoms with Crippen molar-refractivity contribution in [1.82, 2.24) is 5.32 Å². The second-order valence-corrected chi connectivity index (χ2v) is 9.01. The summed E-state index contributed by atoms with van der Waals surface area (Å²) in [7, 11) is 0. The molecule has 154 valence electrons. The molecule has 27 heavy (non-hydrogen) atoms. The van der Waals surface area contributed by atoms with Gasteiger partial charge in [-0.2, -0.15) is 0 Å². The molecule has 0 heterocycles. The van der Waals surface area contributed by atoms with Crippen LogP contribution in [0.1, 0.15) is 85.5 Å². The molecule has 1 saturated carbocycles. The average molecular weight is 393 g/mol. The van der Waals surface area contributed by atoms with Gasteiger partial charge in [-0.05, 0) is 45.4 Å². The molecule has 1 unspecified atom stereocenters. The van der Waals surface area contributed by atoms with E-state index in [9.17, 15) is 4.79 Å². The molecule has 0 bridgehead atoms. The molecule has 3 nitrogen and oxygen atoms in total. The third-order valence-electron chi connectivity index (χ3n) is 5.08. The van der Waals surface area contributed by atoms with Crippen molar-refractivity contribution in [2.24, 2.45) is 10.9 Å². The van der Waals surface area contributed by atoms with Gasteiger partial charge in [-0.25, -0.2) is 0 Å². The zero-order chi connectivity index (χ0) is 19.9. The molecule has 0 aromatic heterocycles. The number of nitrogens with one attached hydrogen (secondary N) is 1. The molecule has 1 fully saturated rings. The largest absolute Gasteiger partial charge is 0.352 e. The number of amides is 1. The lowest BCUT2D eigenvalue weighted by Gasteiger charge is -2.21. The highest BCUT2D eigenvalue weighted by Crippen LogP contribution is 2.32. The Morgan fingerprint density at radius 2 is 2.00 bits per heavy atom. The van der Waals surface area contributed by atoms with Crippen LogP contribution in [0.15, 0.2) is 27.6 Å². The van der Waals surface area contributed by atoms with E-state index in [2.05, 4.69) is 37.2 Å². The van der Waals surface area contributed by atoms with Crippen LogP contribution in [0, 0.1) is 5.92 Å². The minimum Gasteiger partial charge on any atom is -0.352 e. The van der Waals surface area contributed by atoms with Gasteiger partial charge in [0.2, 0.25) is 5.91 Å². The molecule has 0 spiro atoms. The first kappa shape index (κ1) is 24.0. The van der Waals surface area contributed by atoms with Gasteiger partial charge in [-0.15, -0.1) is 11.8 Å². The van der Waals surface area contributed by atoms with Crippen LogP contribution in [0.2, 0.25) is 0 Å². The van der Waals surface area contributed by atoms with Crippen molar-refractivity contribution in [3.05, 3.63) is 22.6 Å². The van der Waals surface area contributed by atoms with Gasteiger partial charge in [0.05, 0.1) is 0 Å². The summed E-state index contributed by atoms with van der Waals surface area (Å²) >= 11 is 1.83. The molecule has 1 amide bonds. The second kappa shape index (κ2) is 15.0. The summed E-state index contributed by atoms with van der Waals surface area (Å²) in [6.45, 7) is 10.2. The predicted molar refractivity (Wildman–Crippen MR) is 122 cm³/mol. The predicted octanol–water partition coefficient (Wildman–Crippen LogP) is 6.31. The molecule has 1 aliphatic carbocycles. The Balaban J connectivity index is 2.49. The summed E-state index contributed by atoms with van der Waals surface area (Å²) in [5, 5.41) is 3.70. The van der Waals surface area contributed by atoms with Gasteiger partial charge in [0.1, 0.15) is 0 Å². The number of rotatable bonds is 12. The van der Waals surface area contributed by atoms with Gasteiger partial charge >= 0.3 is 0 Å². The van der Waals surface area contributed by atoms with E-state index in [0.717, 1.165) is 30.2 Å². The van der Waals surface area contributed by atoms with E-state index in [1.54, 1.807) is 6.08 Å². The Labute approximate surface area is 171 Å². The summed E-state index contributed by atoms with van der Waals surface area (Å²) in [6.07, 6.45) is 16.9. The van der Waals surface area contributed by atoms with E-state index < -0.39 is 0 Å². The van der Waals surface area contributed by atoms with Gasteiger partial charge in [0, 0.05) is 35.5 Å². The molecule has 0 aromatic carbocycles. The molecule has 0 saturated heterocycles. The van der Waals surface area contributed by atoms with Crippen LogP contribution in [-0.2, 0) is 4.79 Å². The van der Waals surface area contributed by atoms with Crippen molar-refractivity contribution in [1.29, 1.82) is 0 Å². The van der Waals surface area contributed by atoms with Gasteiger partial charge in [-0.1, -0.05) is 57.6 Å². The SMILES string of the molecule is C/C=C(/CCNC(=O)/C=C(/C=NCC)SC1CCCCC1)CC(C)CCC. The molecule has 1 aliphatic rings. The molecule has 0 radical (unpaired) electrons. The Morgan fingerprint density at radius 1 is 1.26 bits per heavy atom. The summed E-state index contributed by atoms with van der Waals surface area (Å²) in [4.78, 5) is 17.7. The van der Waals surface area contributed by atoms with Gasteiger partial charge in [0.15, 0.2) is 0 Å². The van der Waals surface area contributed by atoms with Gasteiger partial charge in [0.25, 0.3) is 0 Å². The standard InChI is InChI=1S/C23H40N2OS/c1-5-11-19(4)16-20(6-2)14-15-25-23(26)17-22(18-24-7-3)27-21-12-9-8-10-13-21/h6,17-19,21H,5,7-16H2,1-4H3,(H,25,26)/b20-6-,22-17-,24-18?. The summed E-state index contributed by atoms with van der Waals surface area (Å²) in [5.41, 5.74) is 1.45. The fourth-order valence-electron chi connectivity index (χ4n) is 3.59. The third kappa shape index (κ3) is 11.4. The molecular formula is C23H40N2OS. The van der Waals surface area contributed by atoms with Crippen molar-refractivity contribution in [3.63, 3.8) is 0 Å². The van der Waals surface area contributed by atoms with Crippen LogP contribution in [0.3, 0.4) is 0 Å².